The lowest BCUT2D eigenvalue weighted by Crippen LogP contribution is -2.37. The van der Waals surface area contributed by atoms with E-state index >= 15 is 0 Å². The number of aliphatic hydroxyl groups excluding tert-OH is 1. The third-order valence-electron chi connectivity index (χ3n) is 3.84. The second kappa shape index (κ2) is 8.24. The SMILES string of the molecule is CC(=O)c1ccc(NC(=O)Nc2c[n+](CC(O)c3ccccc3)no2)cc1. The second-order valence-corrected chi connectivity index (χ2v) is 5.93. The van der Waals surface area contributed by atoms with Crippen LogP contribution in [0.15, 0.2) is 65.3 Å². The van der Waals surface area contributed by atoms with Gasteiger partial charge in [-0.3, -0.25) is 14.6 Å². The van der Waals surface area contributed by atoms with Gasteiger partial charge in [-0.25, -0.2) is 4.79 Å². The molecule has 1 heterocycles. The van der Waals surface area contributed by atoms with Gasteiger partial charge in [0.1, 0.15) is 6.10 Å². The van der Waals surface area contributed by atoms with Crippen molar-refractivity contribution in [1.29, 1.82) is 0 Å². The van der Waals surface area contributed by atoms with E-state index in [1.54, 1.807) is 24.3 Å². The number of aromatic nitrogens is 2. The van der Waals surface area contributed by atoms with Crippen LogP contribution in [0.1, 0.15) is 28.9 Å². The summed E-state index contributed by atoms with van der Waals surface area (Å²) < 4.78 is 6.44. The summed E-state index contributed by atoms with van der Waals surface area (Å²) in [6, 6.07) is 15.2. The van der Waals surface area contributed by atoms with E-state index in [9.17, 15) is 14.7 Å². The van der Waals surface area contributed by atoms with Crippen molar-refractivity contribution >= 4 is 23.4 Å². The molecule has 0 fully saturated rings. The van der Waals surface area contributed by atoms with E-state index in [4.69, 9.17) is 4.52 Å². The fourth-order valence-electron chi connectivity index (χ4n) is 2.44. The highest BCUT2D eigenvalue weighted by atomic mass is 16.5. The molecular weight excluding hydrogens is 348 g/mol. The molecule has 0 aliphatic carbocycles. The predicted octanol–water partition coefficient (Wildman–Crippen LogP) is 2.54. The van der Waals surface area contributed by atoms with Crippen molar-refractivity contribution in [1.82, 2.24) is 5.27 Å². The summed E-state index contributed by atoms with van der Waals surface area (Å²) in [4.78, 5) is 23.3. The largest absolute Gasteiger partial charge is 0.382 e. The molecule has 0 spiro atoms. The first-order valence-electron chi connectivity index (χ1n) is 8.30. The molecule has 0 aliphatic heterocycles. The van der Waals surface area contributed by atoms with Gasteiger partial charge in [0.2, 0.25) is 11.8 Å². The third kappa shape index (κ3) is 4.99. The molecule has 2 aromatic carbocycles. The number of nitrogens with zero attached hydrogens (tertiary/aromatic N) is 2. The van der Waals surface area contributed by atoms with Gasteiger partial charge in [0.15, 0.2) is 5.78 Å². The standard InChI is InChI=1S/C19H18N4O4/c1-13(24)14-7-9-16(10-8-14)20-19(26)21-18-12-23(22-27-18)11-17(25)15-5-3-2-4-6-15/h2-10,12,17,25H,11H2,1H3,(H-,20,21,22,24,26)/p+1. The Morgan fingerprint density at radius 2 is 1.81 bits per heavy atom. The van der Waals surface area contributed by atoms with Gasteiger partial charge in [-0.15, -0.1) is 0 Å². The molecule has 2 amide bonds. The molecule has 8 nitrogen and oxygen atoms in total. The van der Waals surface area contributed by atoms with Crippen LogP contribution >= 0.6 is 0 Å². The van der Waals surface area contributed by atoms with Crippen LogP contribution in [0.4, 0.5) is 16.4 Å². The van der Waals surface area contributed by atoms with Crippen LogP contribution < -0.4 is 15.3 Å². The summed E-state index contributed by atoms with van der Waals surface area (Å²) in [5.74, 6) is 0.0861. The number of urea groups is 1. The molecule has 0 aliphatic rings. The number of ketones is 1. The number of aliphatic hydroxyl groups is 1. The summed E-state index contributed by atoms with van der Waals surface area (Å²) in [6.07, 6.45) is 0.729. The maximum atomic E-state index is 12.0. The molecule has 8 heteroatoms. The molecular formula is C19H19N4O4+. The molecule has 27 heavy (non-hydrogen) atoms. The van der Waals surface area contributed by atoms with Crippen molar-refractivity contribution in [2.45, 2.75) is 19.6 Å². The number of amides is 2. The summed E-state index contributed by atoms with van der Waals surface area (Å²) in [7, 11) is 0. The minimum Gasteiger partial charge on any atom is -0.382 e. The molecule has 0 bridgehead atoms. The van der Waals surface area contributed by atoms with Crippen molar-refractivity contribution in [3.05, 3.63) is 71.9 Å². The monoisotopic (exact) mass is 367 g/mol. The minimum absolute atomic E-state index is 0.0464. The van der Waals surface area contributed by atoms with Gasteiger partial charge in [0, 0.05) is 11.3 Å². The molecule has 0 saturated carbocycles. The van der Waals surface area contributed by atoms with Crippen LogP contribution in [0.25, 0.3) is 0 Å². The number of hydrogen-bond donors (Lipinski definition) is 3. The Kier molecular flexibility index (Phi) is 5.58. The van der Waals surface area contributed by atoms with Gasteiger partial charge >= 0.3 is 11.9 Å². The first kappa shape index (κ1) is 18.3. The number of nitrogens with one attached hydrogen (secondary N) is 2. The summed E-state index contributed by atoms with van der Waals surface area (Å²) in [6.45, 7) is 1.66. The lowest BCUT2D eigenvalue weighted by molar-refractivity contribution is -0.768. The van der Waals surface area contributed by atoms with Gasteiger partial charge in [0.25, 0.3) is 6.20 Å². The fraction of sp³-hybridized carbons (Fsp3) is 0.158. The average molecular weight is 367 g/mol. The topological polar surface area (TPSA) is 108 Å². The van der Waals surface area contributed by atoms with E-state index in [2.05, 4.69) is 15.9 Å². The highest BCUT2D eigenvalue weighted by Gasteiger charge is 2.19. The maximum Gasteiger partial charge on any atom is 0.326 e. The van der Waals surface area contributed by atoms with Crippen LogP contribution in [0.5, 0.6) is 0 Å². The Balaban J connectivity index is 1.55. The summed E-state index contributed by atoms with van der Waals surface area (Å²) >= 11 is 0. The fourth-order valence-corrected chi connectivity index (χ4v) is 2.44. The first-order valence-corrected chi connectivity index (χ1v) is 8.30. The van der Waals surface area contributed by atoms with Gasteiger partial charge in [-0.05, 0) is 41.4 Å². The molecule has 3 rings (SSSR count). The number of benzene rings is 2. The van der Waals surface area contributed by atoms with Crippen molar-refractivity contribution in [3.8, 4) is 0 Å². The van der Waals surface area contributed by atoms with E-state index in [1.807, 2.05) is 30.3 Å². The number of carbonyl (C=O) groups excluding carboxylic acids is 2. The third-order valence-corrected chi connectivity index (χ3v) is 3.84. The normalized spacial score (nSPS) is 11.6. The van der Waals surface area contributed by atoms with Crippen LogP contribution in [-0.2, 0) is 6.54 Å². The first-order chi connectivity index (χ1) is 13.0. The van der Waals surface area contributed by atoms with Crippen LogP contribution in [0.3, 0.4) is 0 Å². The van der Waals surface area contributed by atoms with Gasteiger partial charge < -0.3 is 10.4 Å². The van der Waals surface area contributed by atoms with E-state index in [1.165, 1.54) is 17.8 Å². The highest BCUT2D eigenvalue weighted by Crippen LogP contribution is 2.13. The van der Waals surface area contributed by atoms with E-state index in [0.29, 0.717) is 11.3 Å². The number of anilines is 2. The van der Waals surface area contributed by atoms with Crippen LogP contribution in [0, 0.1) is 0 Å². The lowest BCUT2D eigenvalue weighted by atomic mass is 10.1. The zero-order valence-corrected chi connectivity index (χ0v) is 14.6. The zero-order chi connectivity index (χ0) is 19.2. The van der Waals surface area contributed by atoms with Crippen molar-refractivity contribution in [2.24, 2.45) is 0 Å². The summed E-state index contributed by atoms with van der Waals surface area (Å²) in [5, 5.41) is 19.1. The minimum atomic E-state index is -0.747. The number of hydrogen-bond acceptors (Lipinski definition) is 5. The van der Waals surface area contributed by atoms with Crippen LogP contribution in [0.2, 0.25) is 0 Å². The van der Waals surface area contributed by atoms with Crippen molar-refractivity contribution in [2.75, 3.05) is 10.6 Å². The molecule has 138 valence electrons. The Bertz CT molecular complexity index is 922. The molecule has 1 unspecified atom stereocenters. The van der Waals surface area contributed by atoms with E-state index in [0.717, 1.165) is 5.56 Å². The Labute approximate surface area is 155 Å². The quantitative estimate of drug-likeness (QED) is 0.458. The van der Waals surface area contributed by atoms with E-state index < -0.39 is 12.1 Å². The van der Waals surface area contributed by atoms with Gasteiger partial charge in [-0.2, -0.15) is 0 Å². The van der Waals surface area contributed by atoms with Gasteiger partial charge in [-0.1, -0.05) is 30.3 Å². The smallest absolute Gasteiger partial charge is 0.326 e. The van der Waals surface area contributed by atoms with E-state index in [-0.39, 0.29) is 18.2 Å². The second-order valence-electron chi connectivity index (χ2n) is 5.93. The Hall–Kier alpha value is -3.52. The number of carbonyl (C=O) groups is 2. The maximum absolute atomic E-state index is 12.0. The average Bonchev–Trinajstić information content (AvgIpc) is 3.09. The highest BCUT2D eigenvalue weighted by molar-refractivity contribution is 5.99. The molecule has 0 saturated heterocycles. The lowest BCUT2D eigenvalue weighted by Gasteiger charge is -2.05. The number of rotatable bonds is 6. The Morgan fingerprint density at radius 3 is 2.48 bits per heavy atom. The predicted molar refractivity (Wildman–Crippen MR) is 97.2 cm³/mol. The molecule has 0 radical (unpaired) electrons. The van der Waals surface area contributed by atoms with Crippen molar-refractivity contribution in [3.63, 3.8) is 0 Å². The van der Waals surface area contributed by atoms with Crippen molar-refractivity contribution < 1.29 is 23.9 Å². The molecule has 1 atom stereocenters. The van der Waals surface area contributed by atoms with Crippen LogP contribution in [-0.4, -0.2) is 22.2 Å². The molecule has 1 aromatic heterocycles. The molecule has 3 N–H and O–H groups in total. The number of Topliss-reactive ketones (excluding diaryl/α,β-unsaturated/α-hetero) is 1. The zero-order valence-electron chi connectivity index (χ0n) is 14.6. The Morgan fingerprint density at radius 1 is 1.11 bits per heavy atom. The molecule has 3 aromatic rings. The summed E-state index contributed by atoms with van der Waals surface area (Å²) in [5.41, 5.74) is 1.85. The van der Waals surface area contributed by atoms with Gasteiger partial charge in [0.05, 0.1) is 0 Å².